The summed E-state index contributed by atoms with van der Waals surface area (Å²) in [5.74, 6) is -0.0213. The summed E-state index contributed by atoms with van der Waals surface area (Å²) in [7, 11) is 0. The van der Waals surface area contributed by atoms with E-state index in [2.05, 4.69) is 22.0 Å². The molecule has 0 fully saturated rings. The van der Waals surface area contributed by atoms with Crippen molar-refractivity contribution in [1.82, 2.24) is 0 Å². The van der Waals surface area contributed by atoms with Gasteiger partial charge in [0.05, 0.1) is 17.2 Å². The summed E-state index contributed by atoms with van der Waals surface area (Å²) in [6, 6.07) is 25.8. The van der Waals surface area contributed by atoms with Crippen LogP contribution in [-0.4, -0.2) is 5.97 Å². The minimum absolute atomic E-state index is 0.421. The van der Waals surface area contributed by atoms with Gasteiger partial charge in [-0.15, -0.1) is 0 Å². The molecule has 0 aromatic heterocycles. The number of hydrogen-bond acceptors (Lipinski definition) is 3. The van der Waals surface area contributed by atoms with Crippen LogP contribution in [0.3, 0.4) is 0 Å². The summed E-state index contributed by atoms with van der Waals surface area (Å²) in [4.78, 5) is 12.3. The van der Waals surface area contributed by atoms with Crippen molar-refractivity contribution < 1.29 is 9.53 Å². The van der Waals surface area contributed by atoms with Crippen molar-refractivity contribution in [1.29, 1.82) is 5.26 Å². The van der Waals surface area contributed by atoms with Gasteiger partial charge in [0.1, 0.15) is 5.75 Å². The topological polar surface area (TPSA) is 50.1 Å². The van der Waals surface area contributed by atoms with E-state index in [4.69, 9.17) is 4.74 Å². The van der Waals surface area contributed by atoms with Crippen LogP contribution in [0.4, 0.5) is 0 Å². The first kappa shape index (κ1) is 17.7. The van der Waals surface area contributed by atoms with E-state index in [1.807, 2.05) is 42.5 Å². The minimum Gasteiger partial charge on any atom is -0.423 e. The number of halogens is 1. The molecular formula is C22H14BrNO2. The van der Waals surface area contributed by atoms with E-state index in [1.54, 1.807) is 42.5 Å². The Labute approximate surface area is 160 Å². The van der Waals surface area contributed by atoms with Gasteiger partial charge in [0.15, 0.2) is 0 Å². The number of benzene rings is 3. The Morgan fingerprint density at radius 1 is 0.962 bits per heavy atom. The summed E-state index contributed by atoms with van der Waals surface area (Å²) in [6.45, 7) is 0. The number of hydrogen-bond donors (Lipinski definition) is 0. The van der Waals surface area contributed by atoms with E-state index in [-0.39, 0.29) is 0 Å². The van der Waals surface area contributed by atoms with Crippen LogP contribution < -0.4 is 4.74 Å². The molecule has 0 saturated carbocycles. The van der Waals surface area contributed by atoms with E-state index in [0.29, 0.717) is 21.4 Å². The fourth-order valence-corrected chi connectivity index (χ4v) is 2.87. The van der Waals surface area contributed by atoms with Crippen molar-refractivity contribution >= 4 is 33.5 Å². The molecule has 3 rings (SSSR count). The number of esters is 1. The molecule has 3 aromatic carbocycles. The highest BCUT2D eigenvalue weighted by Gasteiger charge is 2.12. The lowest BCUT2D eigenvalue weighted by molar-refractivity contribution is 0.0734. The molecule has 0 unspecified atom stereocenters. The van der Waals surface area contributed by atoms with Crippen LogP contribution in [0.2, 0.25) is 0 Å². The Morgan fingerprint density at radius 2 is 1.69 bits per heavy atom. The Morgan fingerprint density at radius 3 is 2.42 bits per heavy atom. The average molecular weight is 404 g/mol. The van der Waals surface area contributed by atoms with E-state index >= 15 is 0 Å². The highest BCUT2D eigenvalue weighted by molar-refractivity contribution is 9.10. The largest absolute Gasteiger partial charge is 0.423 e. The summed E-state index contributed by atoms with van der Waals surface area (Å²) in [5, 5.41) is 9.43. The standard InChI is InChI=1S/C22H14BrNO2/c23-21-12-5-4-11-20(21)22(25)26-19-10-6-7-16(14-19)13-18(15-24)17-8-2-1-3-9-17/h1-14H/b18-13-. The molecule has 0 saturated heterocycles. The lowest BCUT2D eigenvalue weighted by Gasteiger charge is -2.07. The van der Waals surface area contributed by atoms with Crippen molar-refractivity contribution in [2.24, 2.45) is 0 Å². The summed E-state index contributed by atoms with van der Waals surface area (Å²) >= 11 is 3.35. The first-order valence-corrected chi connectivity index (χ1v) is 8.70. The van der Waals surface area contributed by atoms with Gasteiger partial charge in [-0.25, -0.2) is 4.79 Å². The summed E-state index contributed by atoms with van der Waals surface area (Å²) < 4.78 is 6.14. The van der Waals surface area contributed by atoms with E-state index in [0.717, 1.165) is 11.1 Å². The average Bonchev–Trinajstić information content (AvgIpc) is 2.67. The van der Waals surface area contributed by atoms with E-state index in [9.17, 15) is 10.1 Å². The molecule has 126 valence electrons. The van der Waals surface area contributed by atoms with Crippen molar-refractivity contribution in [3.8, 4) is 11.8 Å². The highest BCUT2D eigenvalue weighted by atomic mass is 79.9. The van der Waals surface area contributed by atoms with Crippen LogP contribution in [0.1, 0.15) is 21.5 Å². The van der Waals surface area contributed by atoms with Gasteiger partial charge >= 0.3 is 5.97 Å². The van der Waals surface area contributed by atoms with E-state index in [1.165, 1.54) is 0 Å². The molecule has 0 aliphatic heterocycles. The van der Waals surface area contributed by atoms with Gasteiger partial charge in [-0.05, 0) is 57.4 Å². The van der Waals surface area contributed by atoms with Crippen molar-refractivity contribution in [2.45, 2.75) is 0 Å². The number of nitriles is 1. The van der Waals surface area contributed by atoms with Crippen molar-refractivity contribution in [2.75, 3.05) is 0 Å². The maximum absolute atomic E-state index is 12.3. The molecule has 4 heteroatoms. The molecule has 0 aliphatic rings. The molecule has 3 nitrogen and oxygen atoms in total. The monoisotopic (exact) mass is 403 g/mol. The Hall–Kier alpha value is -3.16. The van der Waals surface area contributed by atoms with Crippen LogP contribution in [-0.2, 0) is 0 Å². The molecule has 0 bridgehead atoms. The summed E-state index contributed by atoms with van der Waals surface area (Å²) in [6.07, 6.45) is 1.77. The van der Waals surface area contributed by atoms with Crippen LogP contribution in [0, 0.1) is 11.3 Å². The highest BCUT2D eigenvalue weighted by Crippen LogP contribution is 2.22. The van der Waals surface area contributed by atoms with E-state index < -0.39 is 5.97 Å². The Balaban J connectivity index is 1.85. The number of carbonyl (C=O) groups excluding carboxylic acids is 1. The molecule has 0 aliphatic carbocycles. The number of rotatable bonds is 4. The maximum Gasteiger partial charge on any atom is 0.344 e. The molecule has 26 heavy (non-hydrogen) atoms. The maximum atomic E-state index is 12.3. The zero-order chi connectivity index (χ0) is 18.4. The first-order chi connectivity index (χ1) is 12.7. The zero-order valence-electron chi connectivity index (χ0n) is 13.7. The Bertz CT molecular complexity index is 1000. The Kier molecular flexibility index (Phi) is 5.62. The first-order valence-electron chi connectivity index (χ1n) is 7.91. The fourth-order valence-electron chi connectivity index (χ4n) is 2.42. The molecule has 0 spiro atoms. The number of allylic oxidation sites excluding steroid dienone is 1. The van der Waals surface area contributed by atoms with Gasteiger partial charge in [-0.3, -0.25) is 0 Å². The molecule has 0 atom stereocenters. The second kappa shape index (κ2) is 8.28. The quantitative estimate of drug-likeness (QED) is 0.241. The van der Waals surface area contributed by atoms with Crippen molar-refractivity contribution in [3.05, 3.63) is 100 Å². The molecule has 0 amide bonds. The van der Waals surface area contributed by atoms with Crippen molar-refractivity contribution in [3.63, 3.8) is 0 Å². The molecular weight excluding hydrogens is 390 g/mol. The van der Waals surface area contributed by atoms with Gasteiger partial charge in [0, 0.05) is 4.47 Å². The normalized spacial score (nSPS) is 10.8. The summed E-state index contributed by atoms with van der Waals surface area (Å²) in [5.41, 5.74) is 2.61. The second-order valence-corrected chi connectivity index (χ2v) is 6.33. The molecule has 0 N–H and O–H groups in total. The van der Waals surface area contributed by atoms with Gasteiger partial charge in [-0.2, -0.15) is 5.26 Å². The predicted molar refractivity (Wildman–Crippen MR) is 105 cm³/mol. The van der Waals surface area contributed by atoms with Crippen LogP contribution in [0.5, 0.6) is 5.75 Å². The smallest absolute Gasteiger partial charge is 0.344 e. The predicted octanol–water partition coefficient (Wildman–Crippen LogP) is 5.73. The van der Waals surface area contributed by atoms with Gasteiger partial charge < -0.3 is 4.74 Å². The molecule has 0 radical (unpaired) electrons. The third-order valence-electron chi connectivity index (χ3n) is 3.68. The van der Waals surface area contributed by atoms with Crippen LogP contribution in [0.25, 0.3) is 11.6 Å². The van der Waals surface area contributed by atoms with Gasteiger partial charge in [0.25, 0.3) is 0 Å². The SMILES string of the molecule is N#C/C(=C/c1cccc(OC(=O)c2ccccc2Br)c1)c1ccccc1. The lowest BCUT2D eigenvalue weighted by atomic mass is 10.0. The fraction of sp³-hybridized carbons (Fsp3) is 0. The number of nitrogens with zero attached hydrogens (tertiary/aromatic N) is 1. The van der Waals surface area contributed by atoms with Gasteiger partial charge in [-0.1, -0.05) is 54.6 Å². The third-order valence-corrected chi connectivity index (χ3v) is 4.37. The molecule has 0 heterocycles. The zero-order valence-corrected chi connectivity index (χ0v) is 15.3. The number of ether oxygens (including phenoxy) is 1. The molecule has 3 aromatic rings. The minimum atomic E-state index is -0.442. The lowest BCUT2D eigenvalue weighted by Crippen LogP contribution is -2.09. The van der Waals surface area contributed by atoms with Crippen LogP contribution >= 0.6 is 15.9 Å². The second-order valence-electron chi connectivity index (χ2n) is 5.48. The van der Waals surface area contributed by atoms with Gasteiger partial charge in [0.2, 0.25) is 0 Å². The van der Waals surface area contributed by atoms with Crippen LogP contribution in [0.15, 0.2) is 83.3 Å². The third kappa shape index (κ3) is 4.27. The number of carbonyl (C=O) groups is 1.